The van der Waals surface area contributed by atoms with Gasteiger partial charge in [-0.3, -0.25) is 0 Å². The van der Waals surface area contributed by atoms with E-state index in [1.165, 1.54) is 31.3 Å². The number of rotatable bonds is 7. The Hall–Kier alpha value is -1.42. The van der Waals surface area contributed by atoms with Gasteiger partial charge in [-0.2, -0.15) is 0 Å². The van der Waals surface area contributed by atoms with Crippen LogP contribution in [0.5, 0.6) is 0 Å². The standard InChI is InChI=1S/C30H46O3/c1-6-30(33,7-2)18-9-8-11-21(3)26-15-16-27-23(12-10-17-29(26,27)5)13-14-24-19-25(31)20-28(32)22(24)4/h8-9,11,13-14,18,21,25-28,31-33H,4,6-7,10,12,15-17,19-20H2,1-3,5H3/b11-8-,18-9+,23-13+,24-14-/t21-,25-,26-,27+,28+,29-/m1/s1. The zero-order valence-corrected chi connectivity index (χ0v) is 21.3. The van der Waals surface area contributed by atoms with Crippen molar-refractivity contribution in [2.45, 2.75) is 103 Å². The van der Waals surface area contributed by atoms with Gasteiger partial charge in [-0.05, 0) is 85.7 Å². The molecule has 0 aromatic rings. The molecule has 0 aromatic heterocycles. The molecule has 6 atom stereocenters. The van der Waals surface area contributed by atoms with Crippen molar-refractivity contribution in [3.8, 4) is 0 Å². The predicted molar refractivity (Wildman–Crippen MR) is 138 cm³/mol. The number of fused-ring (bicyclic) bond motifs is 1. The van der Waals surface area contributed by atoms with Crippen LogP contribution in [0.25, 0.3) is 0 Å². The fourth-order valence-corrected chi connectivity index (χ4v) is 6.70. The first-order valence-corrected chi connectivity index (χ1v) is 13.2. The quantitative estimate of drug-likeness (QED) is 0.389. The molecule has 3 N–H and O–H groups in total. The minimum atomic E-state index is -0.689. The lowest BCUT2D eigenvalue weighted by Gasteiger charge is -2.44. The first-order chi connectivity index (χ1) is 15.6. The fourth-order valence-electron chi connectivity index (χ4n) is 6.70. The number of hydrogen-bond acceptors (Lipinski definition) is 3. The maximum Gasteiger partial charge on any atom is 0.0825 e. The Labute approximate surface area is 201 Å². The molecule has 0 bridgehead atoms. The van der Waals surface area contributed by atoms with Crippen LogP contribution in [0, 0.1) is 23.2 Å². The molecule has 0 aromatic carbocycles. The van der Waals surface area contributed by atoms with Gasteiger partial charge in [-0.1, -0.05) is 76.3 Å². The third kappa shape index (κ3) is 5.81. The highest BCUT2D eigenvalue weighted by molar-refractivity contribution is 5.38. The molecular formula is C30H46O3. The highest BCUT2D eigenvalue weighted by Crippen LogP contribution is 2.59. The molecule has 3 saturated carbocycles. The lowest BCUT2D eigenvalue weighted by molar-refractivity contribution is 0.0827. The van der Waals surface area contributed by atoms with Crippen molar-refractivity contribution in [1.29, 1.82) is 0 Å². The second kappa shape index (κ2) is 10.9. The van der Waals surface area contributed by atoms with Gasteiger partial charge in [0, 0.05) is 6.42 Å². The lowest BCUT2D eigenvalue weighted by atomic mass is 9.61. The molecule has 0 aliphatic heterocycles. The Morgan fingerprint density at radius 1 is 1.15 bits per heavy atom. The van der Waals surface area contributed by atoms with Gasteiger partial charge in [-0.15, -0.1) is 0 Å². The Bertz CT molecular complexity index is 812. The van der Waals surface area contributed by atoms with E-state index in [2.05, 4.69) is 44.7 Å². The summed E-state index contributed by atoms with van der Waals surface area (Å²) in [5.41, 5.74) is 2.92. The summed E-state index contributed by atoms with van der Waals surface area (Å²) in [7, 11) is 0. The molecule has 3 aliphatic rings. The van der Waals surface area contributed by atoms with Crippen LogP contribution < -0.4 is 0 Å². The third-order valence-corrected chi connectivity index (χ3v) is 9.09. The first-order valence-electron chi connectivity index (χ1n) is 13.2. The molecule has 3 heteroatoms. The van der Waals surface area contributed by atoms with Crippen molar-refractivity contribution in [1.82, 2.24) is 0 Å². The van der Waals surface area contributed by atoms with Gasteiger partial charge >= 0.3 is 0 Å². The summed E-state index contributed by atoms with van der Waals surface area (Å²) in [5.74, 6) is 1.77. The topological polar surface area (TPSA) is 60.7 Å². The van der Waals surface area contributed by atoms with Crippen LogP contribution >= 0.6 is 0 Å². The highest BCUT2D eigenvalue weighted by atomic mass is 16.3. The van der Waals surface area contributed by atoms with E-state index in [0.717, 1.165) is 30.4 Å². The molecule has 33 heavy (non-hydrogen) atoms. The van der Waals surface area contributed by atoms with E-state index in [4.69, 9.17) is 0 Å². The van der Waals surface area contributed by atoms with Crippen LogP contribution in [0.3, 0.4) is 0 Å². The van der Waals surface area contributed by atoms with Crippen LogP contribution in [0.15, 0.2) is 59.8 Å². The van der Waals surface area contributed by atoms with Crippen molar-refractivity contribution in [3.63, 3.8) is 0 Å². The molecule has 3 aliphatic carbocycles. The van der Waals surface area contributed by atoms with Crippen molar-refractivity contribution in [3.05, 3.63) is 59.8 Å². The van der Waals surface area contributed by atoms with Gasteiger partial charge in [0.05, 0.1) is 17.8 Å². The number of aliphatic hydroxyl groups is 3. The Balaban J connectivity index is 1.72. The molecule has 0 saturated heterocycles. The van der Waals surface area contributed by atoms with Crippen LogP contribution in [0.4, 0.5) is 0 Å². The van der Waals surface area contributed by atoms with Crippen LogP contribution in [-0.4, -0.2) is 33.1 Å². The molecule has 0 radical (unpaired) electrons. The zero-order valence-electron chi connectivity index (χ0n) is 21.3. The minimum Gasteiger partial charge on any atom is -0.393 e. The Kier molecular flexibility index (Phi) is 8.64. The number of aliphatic hydroxyl groups excluding tert-OH is 2. The molecule has 3 nitrogen and oxygen atoms in total. The van der Waals surface area contributed by atoms with Gasteiger partial charge in [0.2, 0.25) is 0 Å². The fraction of sp³-hybridized carbons (Fsp3) is 0.667. The van der Waals surface area contributed by atoms with Crippen molar-refractivity contribution >= 4 is 0 Å². The third-order valence-electron chi connectivity index (χ3n) is 9.09. The molecular weight excluding hydrogens is 408 g/mol. The van der Waals surface area contributed by atoms with E-state index in [1.807, 2.05) is 26.0 Å². The van der Waals surface area contributed by atoms with Gasteiger partial charge in [0.1, 0.15) is 0 Å². The van der Waals surface area contributed by atoms with Gasteiger partial charge in [0.25, 0.3) is 0 Å². The van der Waals surface area contributed by atoms with E-state index in [0.29, 0.717) is 36.0 Å². The van der Waals surface area contributed by atoms with Crippen molar-refractivity contribution < 1.29 is 15.3 Å². The largest absolute Gasteiger partial charge is 0.393 e. The summed E-state index contributed by atoms with van der Waals surface area (Å²) in [6.07, 6.45) is 20.3. The van der Waals surface area contributed by atoms with E-state index in [1.54, 1.807) is 0 Å². The highest BCUT2D eigenvalue weighted by Gasteiger charge is 2.50. The predicted octanol–water partition coefficient (Wildman–Crippen LogP) is 6.43. The monoisotopic (exact) mass is 454 g/mol. The van der Waals surface area contributed by atoms with E-state index >= 15 is 0 Å². The van der Waals surface area contributed by atoms with Crippen LogP contribution in [0.1, 0.15) is 85.5 Å². The summed E-state index contributed by atoms with van der Waals surface area (Å²) in [4.78, 5) is 0. The minimum absolute atomic E-state index is 0.312. The van der Waals surface area contributed by atoms with Gasteiger partial charge < -0.3 is 15.3 Å². The summed E-state index contributed by atoms with van der Waals surface area (Å²) in [6, 6.07) is 0. The normalized spacial score (nSPS) is 36.9. The zero-order chi connectivity index (χ0) is 24.2. The Morgan fingerprint density at radius 3 is 2.58 bits per heavy atom. The van der Waals surface area contributed by atoms with Gasteiger partial charge in [0.15, 0.2) is 0 Å². The molecule has 0 amide bonds. The summed E-state index contributed by atoms with van der Waals surface area (Å²) in [5, 5.41) is 30.7. The van der Waals surface area contributed by atoms with Crippen molar-refractivity contribution in [2.24, 2.45) is 23.2 Å². The molecule has 0 heterocycles. The SMILES string of the molecule is C=C1/C(=C\C=C2/CCC[C@]3(C)[C@@H]([C@H](C)/C=C\C=C\C(O)(CC)CC)CC[C@@H]23)C[C@@H](O)C[C@@H]1O. The second-order valence-electron chi connectivity index (χ2n) is 11.1. The molecule has 3 fully saturated rings. The summed E-state index contributed by atoms with van der Waals surface area (Å²) in [6.45, 7) is 13.0. The second-order valence-corrected chi connectivity index (χ2v) is 11.1. The van der Waals surface area contributed by atoms with E-state index < -0.39 is 17.8 Å². The molecule has 184 valence electrons. The van der Waals surface area contributed by atoms with Gasteiger partial charge in [-0.25, -0.2) is 0 Å². The smallest absolute Gasteiger partial charge is 0.0825 e. The maximum absolute atomic E-state index is 10.5. The summed E-state index contributed by atoms with van der Waals surface area (Å²) < 4.78 is 0. The molecule has 0 spiro atoms. The van der Waals surface area contributed by atoms with E-state index in [9.17, 15) is 15.3 Å². The molecule has 0 unspecified atom stereocenters. The lowest BCUT2D eigenvalue weighted by Crippen LogP contribution is -2.35. The summed E-state index contributed by atoms with van der Waals surface area (Å²) >= 11 is 0. The van der Waals surface area contributed by atoms with Crippen LogP contribution in [0.2, 0.25) is 0 Å². The van der Waals surface area contributed by atoms with Crippen LogP contribution in [-0.2, 0) is 0 Å². The first kappa shape index (κ1) is 26.2. The van der Waals surface area contributed by atoms with E-state index in [-0.39, 0.29) is 0 Å². The Morgan fingerprint density at radius 2 is 1.88 bits per heavy atom. The average molecular weight is 455 g/mol. The number of hydrogen-bond donors (Lipinski definition) is 3. The molecule has 3 rings (SSSR count). The maximum atomic E-state index is 10.5. The number of allylic oxidation sites excluding steroid dienone is 6. The average Bonchev–Trinajstić information content (AvgIpc) is 3.15. The van der Waals surface area contributed by atoms with Crippen molar-refractivity contribution in [2.75, 3.05) is 0 Å².